The summed E-state index contributed by atoms with van der Waals surface area (Å²) < 4.78 is 2.11. The molecule has 15 heavy (non-hydrogen) atoms. The number of nitrogens with one attached hydrogen (secondary N) is 1. The lowest BCUT2D eigenvalue weighted by molar-refractivity contribution is 0.421. The summed E-state index contributed by atoms with van der Waals surface area (Å²) in [5.41, 5.74) is 1.31. The summed E-state index contributed by atoms with van der Waals surface area (Å²) in [6.07, 6.45) is 4.19. The van der Waals surface area contributed by atoms with Gasteiger partial charge < -0.3 is 5.32 Å². The van der Waals surface area contributed by atoms with Gasteiger partial charge in [0.15, 0.2) is 0 Å². The van der Waals surface area contributed by atoms with Crippen molar-refractivity contribution in [2.75, 3.05) is 7.05 Å². The van der Waals surface area contributed by atoms with Crippen LogP contribution in [0.3, 0.4) is 0 Å². The second-order valence-corrected chi connectivity index (χ2v) is 4.45. The van der Waals surface area contributed by atoms with E-state index in [0.717, 1.165) is 19.4 Å². The van der Waals surface area contributed by atoms with Crippen molar-refractivity contribution in [3.63, 3.8) is 0 Å². The third kappa shape index (κ3) is 3.34. The highest BCUT2D eigenvalue weighted by molar-refractivity contribution is 5.07. The van der Waals surface area contributed by atoms with Gasteiger partial charge in [-0.25, -0.2) is 0 Å². The van der Waals surface area contributed by atoms with E-state index < -0.39 is 0 Å². The first-order valence-corrected chi connectivity index (χ1v) is 5.88. The number of rotatable bonds is 6. The summed E-state index contributed by atoms with van der Waals surface area (Å²) >= 11 is 0. The molecule has 0 fully saturated rings. The summed E-state index contributed by atoms with van der Waals surface area (Å²) in [6.45, 7) is 7.70. The predicted octanol–water partition coefficient (Wildman–Crippen LogP) is 2.60. The molecule has 1 atom stereocenters. The molecule has 0 aliphatic rings. The van der Waals surface area contributed by atoms with Crippen LogP contribution >= 0.6 is 0 Å². The van der Waals surface area contributed by atoms with E-state index in [0.29, 0.717) is 12.0 Å². The first kappa shape index (κ1) is 12.2. The third-order valence-electron chi connectivity index (χ3n) is 2.60. The van der Waals surface area contributed by atoms with Gasteiger partial charge in [0.25, 0.3) is 0 Å². The Morgan fingerprint density at radius 1 is 1.47 bits per heavy atom. The second-order valence-electron chi connectivity index (χ2n) is 4.45. The first-order valence-electron chi connectivity index (χ1n) is 5.88. The molecule has 1 N–H and O–H groups in total. The van der Waals surface area contributed by atoms with E-state index in [-0.39, 0.29) is 0 Å². The molecule has 86 valence electrons. The number of hydrogen-bond donors (Lipinski definition) is 1. The first-order chi connectivity index (χ1) is 7.19. The van der Waals surface area contributed by atoms with Crippen molar-refractivity contribution in [3.8, 4) is 0 Å². The SMILES string of the molecule is CCCn1nccc1C(CC(C)C)NC. The molecular weight excluding hydrogens is 186 g/mol. The Bertz CT molecular complexity index is 278. The number of hydrogen-bond acceptors (Lipinski definition) is 2. The van der Waals surface area contributed by atoms with Crippen LogP contribution in [0.1, 0.15) is 45.3 Å². The Balaban J connectivity index is 2.76. The van der Waals surface area contributed by atoms with Crippen molar-refractivity contribution in [1.82, 2.24) is 15.1 Å². The molecule has 0 amide bonds. The van der Waals surface area contributed by atoms with Crippen LogP contribution in [-0.2, 0) is 6.54 Å². The van der Waals surface area contributed by atoms with Crippen LogP contribution in [0, 0.1) is 5.92 Å². The van der Waals surface area contributed by atoms with Crippen molar-refractivity contribution < 1.29 is 0 Å². The summed E-state index contributed by atoms with van der Waals surface area (Å²) in [4.78, 5) is 0. The van der Waals surface area contributed by atoms with Gasteiger partial charge in [-0.1, -0.05) is 20.8 Å². The quantitative estimate of drug-likeness (QED) is 0.780. The predicted molar refractivity (Wildman–Crippen MR) is 63.8 cm³/mol. The fourth-order valence-corrected chi connectivity index (χ4v) is 1.90. The minimum atomic E-state index is 0.430. The van der Waals surface area contributed by atoms with Crippen molar-refractivity contribution >= 4 is 0 Å². The van der Waals surface area contributed by atoms with Gasteiger partial charge >= 0.3 is 0 Å². The van der Waals surface area contributed by atoms with E-state index in [2.05, 4.69) is 41.9 Å². The van der Waals surface area contributed by atoms with E-state index in [1.165, 1.54) is 5.69 Å². The second kappa shape index (κ2) is 5.91. The Morgan fingerprint density at radius 3 is 2.73 bits per heavy atom. The zero-order valence-corrected chi connectivity index (χ0v) is 10.3. The molecule has 0 spiro atoms. The van der Waals surface area contributed by atoms with Crippen LogP contribution in [0.4, 0.5) is 0 Å². The zero-order chi connectivity index (χ0) is 11.3. The standard InChI is InChI=1S/C12H23N3/c1-5-8-15-12(6-7-14-15)11(13-4)9-10(2)3/h6-7,10-11,13H,5,8-9H2,1-4H3. The maximum atomic E-state index is 4.36. The zero-order valence-electron chi connectivity index (χ0n) is 10.3. The minimum absolute atomic E-state index is 0.430. The molecule has 0 saturated carbocycles. The van der Waals surface area contributed by atoms with Crippen molar-refractivity contribution in [2.24, 2.45) is 5.92 Å². The lowest BCUT2D eigenvalue weighted by Crippen LogP contribution is -2.22. The Labute approximate surface area is 92.9 Å². The molecular formula is C12H23N3. The maximum Gasteiger partial charge on any atom is 0.0553 e. The molecule has 1 unspecified atom stereocenters. The van der Waals surface area contributed by atoms with Crippen LogP contribution in [0.5, 0.6) is 0 Å². The largest absolute Gasteiger partial charge is 0.312 e. The van der Waals surface area contributed by atoms with E-state index in [9.17, 15) is 0 Å². The van der Waals surface area contributed by atoms with Gasteiger partial charge in [-0.2, -0.15) is 5.10 Å². The molecule has 3 nitrogen and oxygen atoms in total. The highest BCUT2D eigenvalue weighted by Gasteiger charge is 2.15. The topological polar surface area (TPSA) is 29.9 Å². The summed E-state index contributed by atoms with van der Waals surface area (Å²) in [6, 6.07) is 2.55. The van der Waals surface area contributed by atoms with Gasteiger partial charge in [0.2, 0.25) is 0 Å². The van der Waals surface area contributed by atoms with Crippen molar-refractivity contribution in [2.45, 2.75) is 46.2 Å². The van der Waals surface area contributed by atoms with Gasteiger partial charge in [-0.15, -0.1) is 0 Å². The highest BCUT2D eigenvalue weighted by Crippen LogP contribution is 2.20. The fraction of sp³-hybridized carbons (Fsp3) is 0.750. The number of nitrogens with zero attached hydrogens (tertiary/aromatic N) is 2. The highest BCUT2D eigenvalue weighted by atomic mass is 15.3. The summed E-state index contributed by atoms with van der Waals surface area (Å²) in [5, 5.41) is 7.73. The fourth-order valence-electron chi connectivity index (χ4n) is 1.90. The lowest BCUT2D eigenvalue weighted by atomic mass is 10.0. The Kier molecular flexibility index (Phi) is 4.82. The van der Waals surface area contributed by atoms with Gasteiger partial charge in [0.05, 0.1) is 5.69 Å². The average molecular weight is 209 g/mol. The van der Waals surface area contributed by atoms with E-state index >= 15 is 0 Å². The normalized spacial score (nSPS) is 13.4. The van der Waals surface area contributed by atoms with Crippen LogP contribution in [-0.4, -0.2) is 16.8 Å². The Hall–Kier alpha value is -0.830. The van der Waals surface area contributed by atoms with Crippen LogP contribution in [0.15, 0.2) is 12.3 Å². The maximum absolute atomic E-state index is 4.36. The molecule has 1 aromatic rings. The van der Waals surface area contributed by atoms with E-state index in [4.69, 9.17) is 0 Å². The monoisotopic (exact) mass is 209 g/mol. The van der Waals surface area contributed by atoms with Crippen LogP contribution < -0.4 is 5.32 Å². The number of aromatic nitrogens is 2. The molecule has 1 heterocycles. The molecule has 0 aromatic carbocycles. The van der Waals surface area contributed by atoms with Gasteiger partial charge in [-0.3, -0.25) is 4.68 Å². The molecule has 0 saturated heterocycles. The molecule has 3 heteroatoms. The third-order valence-corrected chi connectivity index (χ3v) is 2.60. The molecule has 0 aliphatic carbocycles. The minimum Gasteiger partial charge on any atom is -0.312 e. The Morgan fingerprint density at radius 2 is 2.20 bits per heavy atom. The average Bonchev–Trinajstić information content (AvgIpc) is 2.63. The summed E-state index contributed by atoms with van der Waals surface area (Å²) in [7, 11) is 2.02. The van der Waals surface area contributed by atoms with Crippen LogP contribution in [0.2, 0.25) is 0 Å². The van der Waals surface area contributed by atoms with Gasteiger partial charge in [0.1, 0.15) is 0 Å². The molecule has 0 bridgehead atoms. The van der Waals surface area contributed by atoms with Crippen molar-refractivity contribution in [1.29, 1.82) is 0 Å². The van der Waals surface area contributed by atoms with Gasteiger partial charge in [-0.05, 0) is 31.9 Å². The number of aryl methyl sites for hydroxylation is 1. The molecule has 1 aromatic heterocycles. The molecule has 0 radical (unpaired) electrons. The molecule has 1 rings (SSSR count). The van der Waals surface area contributed by atoms with Gasteiger partial charge in [0, 0.05) is 18.8 Å². The van der Waals surface area contributed by atoms with E-state index in [1.54, 1.807) is 0 Å². The van der Waals surface area contributed by atoms with Crippen LogP contribution in [0.25, 0.3) is 0 Å². The smallest absolute Gasteiger partial charge is 0.0553 e. The lowest BCUT2D eigenvalue weighted by Gasteiger charge is -2.19. The van der Waals surface area contributed by atoms with Crippen molar-refractivity contribution in [3.05, 3.63) is 18.0 Å². The summed E-state index contributed by atoms with van der Waals surface area (Å²) in [5.74, 6) is 0.701. The van der Waals surface area contributed by atoms with E-state index in [1.807, 2.05) is 13.2 Å². The molecule has 0 aliphatic heterocycles.